The highest BCUT2D eigenvalue weighted by Crippen LogP contribution is 2.54. The Labute approximate surface area is 181 Å². The van der Waals surface area contributed by atoms with Crippen LogP contribution in [-0.2, 0) is 9.47 Å². The fraction of sp³-hybridized carbons (Fsp3) is 0.909. The number of hydrogen-bond acceptors (Lipinski definition) is 4. The van der Waals surface area contributed by atoms with E-state index in [1.807, 2.05) is 23.9 Å². The molecule has 0 spiro atoms. The van der Waals surface area contributed by atoms with Gasteiger partial charge in [0.2, 0.25) is 0 Å². The predicted molar refractivity (Wildman–Crippen MR) is 115 cm³/mol. The van der Waals surface area contributed by atoms with E-state index in [2.05, 4.69) is 38.3 Å². The summed E-state index contributed by atoms with van der Waals surface area (Å²) in [6.45, 7) is 11.3. The number of amides is 4. The minimum Gasteiger partial charge on any atom is -0.381 e. The number of nitrogens with one attached hydrogen (secondary N) is 2. The van der Waals surface area contributed by atoms with Crippen LogP contribution in [0.3, 0.4) is 0 Å². The average Bonchev–Trinajstić information content (AvgIpc) is 2.75. The van der Waals surface area contributed by atoms with Crippen LogP contribution in [0.25, 0.3) is 0 Å². The molecular weight excluding hydrogens is 384 g/mol. The minimum atomic E-state index is -0.248. The molecule has 2 aliphatic heterocycles. The van der Waals surface area contributed by atoms with Gasteiger partial charge >= 0.3 is 12.1 Å². The Hall–Kier alpha value is -1.54. The van der Waals surface area contributed by atoms with Crippen molar-refractivity contribution in [3.05, 3.63) is 0 Å². The van der Waals surface area contributed by atoms with E-state index in [0.717, 1.165) is 25.7 Å². The molecule has 0 aromatic rings. The lowest BCUT2D eigenvalue weighted by Crippen LogP contribution is -2.78. The Morgan fingerprint density at radius 1 is 0.700 bits per heavy atom. The molecule has 0 aromatic carbocycles. The molecule has 2 saturated heterocycles. The van der Waals surface area contributed by atoms with Gasteiger partial charge in [0.25, 0.3) is 0 Å². The maximum absolute atomic E-state index is 12.9. The molecule has 30 heavy (non-hydrogen) atoms. The molecule has 1 aliphatic carbocycles. The lowest BCUT2D eigenvalue weighted by atomic mass is 9.48. The number of urea groups is 2. The van der Waals surface area contributed by atoms with Gasteiger partial charge in [0.05, 0.1) is 0 Å². The molecule has 0 bridgehead atoms. The van der Waals surface area contributed by atoms with E-state index >= 15 is 0 Å². The summed E-state index contributed by atoms with van der Waals surface area (Å²) in [7, 11) is 3.73. The highest BCUT2D eigenvalue weighted by Gasteiger charge is 2.63. The Balaban J connectivity index is 1.59. The zero-order valence-electron chi connectivity index (χ0n) is 19.5. The summed E-state index contributed by atoms with van der Waals surface area (Å²) in [5.74, 6) is 0. The van der Waals surface area contributed by atoms with E-state index in [1.165, 1.54) is 0 Å². The van der Waals surface area contributed by atoms with E-state index in [4.69, 9.17) is 9.47 Å². The van der Waals surface area contributed by atoms with Gasteiger partial charge in [-0.2, -0.15) is 0 Å². The first-order chi connectivity index (χ1) is 14.1. The van der Waals surface area contributed by atoms with Crippen molar-refractivity contribution in [1.82, 2.24) is 20.4 Å². The normalized spacial score (nSPS) is 28.9. The van der Waals surface area contributed by atoms with Crippen molar-refractivity contribution >= 4 is 12.1 Å². The summed E-state index contributed by atoms with van der Waals surface area (Å²) >= 11 is 0. The van der Waals surface area contributed by atoms with E-state index in [9.17, 15) is 9.59 Å². The van der Waals surface area contributed by atoms with Crippen LogP contribution < -0.4 is 10.6 Å². The highest BCUT2D eigenvalue weighted by molar-refractivity contribution is 5.77. The third-order valence-corrected chi connectivity index (χ3v) is 7.63. The predicted octanol–water partition coefficient (Wildman–Crippen LogP) is 2.43. The summed E-state index contributed by atoms with van der Waals surface area (Å²) in [6, 6.07) is 0.286. The summed E-state index contributed by atoms with van der Waals surface area (Å²) in [4.78, 5) is 29.5. The molecule has 0 aromatic heterocycles. The van der Waals surface area contributed by atoms with E-state index < -0.39 is 0 Å². The first kappa shape index (κ1) is 23.1. The molecule has 2 heterocycles. The van der Waals surface area contributed by atoms with Crippen LogP contribution in [0.15, 0.2) is 0 Å². The molecule has 1 saturated carbocycles. The topological polar surface area (TPSA) is 83.1 Å². The lowest BCUT2D eigenvalue weighted by Gasteiger charge is -2.64. The maximum atomic E-state index is 12.9. The summed E-state index contributed by atoms with van der Waals surface area (Å²) in [5, 5.41) is 6.51. The molecule has 8 heteroatoms. The fourth-order valence-electron chi connectivity index (χ4n) is 5.83. The van der Waals surface area contributed by atoms with Gasteiger partial charge in [-0.25, -0.2) is 9.59 Å². The Bertz CT molecular complexity index is 561. The van der Waals surface area contributed by atoms with Crippen LogP contribution in [0.2, 0.25) is 0 Å². The molecule has 0 unspecified atom stereocenters. The summed E-state index contributed by atoms with van der Waals surface area (Å²) in [5.41, 5.74) is -0.496. The number of rotatable bonds is 4. The van der Waals surface area contributed by atoms with Gasteiger partial charge in [-0.15, -0.1) is 0 Å². The molecule has 3 aliphatic rings. The van der Waals surface area contributed by atoms with Crippen LogP contribution >= 0.6 is 0 Å². The Morgan fingerprint density at radius 2 is 1.00 bits per heavy atom. The van der Waals surface area contributed by atoms with Gasteiger partial charge in [-0.05, 0) is 25.7 Å². The first-order valence-electron chi connectivity index (χ1n) is 11.3. The monoisotopic (exact) mass is 424 g/mol. The van der Waals surface area contributed by atoms with Crippen molar-refractivity contribution in [2.24, 2.45) is 10.8 Å². The number of ether oxygens (including phenoxy) is 2. The third kappa shape index (κ3) is 4.40. The number of carbonyl (C=O) groups is 2. The Morgan fingerprint density at radius 3 is 1.30 bits per heavy atom. The van der Waals surface area contributed by atoms with Crippen molar-refractivity contribution in [3.63, 3.8) is 0 Å². The molecule has 8 nitrogen and oxygen atoms in total. The number of carbonyl (C=O) groups excluding carboxylic acids is 2. The van der Waals surface area contributed by atoms with Crippen molar-refractivity contribution in [2.75, 3.05) is 40.5 Å². The molecule has 172 valence electrons. The second kappa shape index (κ2) is 8.91. The van der Waals surface area contributed by atoms with Crippen LogP contribution in [0.5, 0.6) is 0 Å². The zero-order chi connectivity index (χ0) is 22.1. The molecule has 0 radical (unpaired) electrons. The number of nitrogens with zero attached hydrogens (tertiary/aromatic N) is 2. The van der Waals surface area contributed by atoms with Crippen LogP contribution in [-0.4, -0.2) is 86.6 Å². The average molecular weight is 425 g/mol. The van der Waals surface area contributed by atoms with Gasteiger partial charge in [0.1, 0.15) is 0 Å². The van der Waals surface area contributed by atoms with Gasteiger partial charge < -0.3 is 29.9 Å². The van der Waals surface area contributed by atoms with Gasteiger partial charge in [-0.1, -0.05) is 27.7 Å². The second-order valence-electron chi connectivity index (χ2n) is 10.3. The maximum Gasteiger partial charge on any atom is 0.317 e. The molecule has 0 atom stereocenters. The van der Waals surface area contributed by atoms with Crippen molar-refractivity contribution < 1.29 is 19.1 Å². The van der Waals surface area contributed by atoms with Crippen LogP contribution in [0.4, 0.5) is 9.59 Å². The fourth-order valence-corrected chi connectivity index (χ4v) is 5.83. The van der Waals surface area contributed by atoms with E-state index in [-0.39, 0.29) is 47.1 Å². The largest absolute Gasteiger partial charge is 0.381 e. The van der Waals surface area contributed by atoms with Crippen molar-refractivity contribution in [2.45, 2.75) is 77.5 Å². The third-order valence-electron chi connectivity index (χ3n) is 7.63. The van der Waals surface area contributed by atoms with E-state index in [1.54, 1.807) is 0 Å². The zero-order valence-corrected chi connectivity index (χ0v) is 19.5. The molecule has 4 amide bonds. The van der Waals surface area contributed by atoms with Crippen molar-refractivity contribution in [3.8, 4) is 0 Å². The highest BCUT2D eigenvalue weighted by atomic mass is 16.5. The SMILES string of the molecule is CN(C(=O)NC1C(C)(C)C(NC(=O)N(C)C2CCOCC2)C1(C)C)C1CCOCC1. The van der Waals surface area contributed by atoms with Gasteiger partial charge in [0.15, 0.2) is 0 Å². The van der Waals surface area contributed by atoms with Crippen molar-refractivity contribution in [1.29, 1.82) is 0 Å². The number of hydrogen-bond donors (Lipinski definition) is 2. The van der Waals surface area contributed by atoms with Crippen LogP contribution in [0, 0.1) is 10.8 Å². The van der Waals surface area contributed by atoms with Crippen LogP contribution in [0.1, 0.15) is 53.4 Å². The summed E-state index contributed by atoms with van der Waals surface area (Å²) < 4.78 is 10.8. The molecule has 3 fully saturated rings. The quantitative estimate of drug-likeness (QED) is 0.726. The second-order valence-corrected chi connectivity index (χ2v) is 10.3. The first-order valence-corrected chi connectivity index (χ1v) is 11.3. The van der Waals surface area contributed by atoms with E-state index in [0.29, 0.717) is 26.4 Å². The molecular formula is C22H40N4O4. The molecule has 2 N–H and O–H groups in total. The summed E-state index contributed by atoms with van der Waals surface area (Å²) in [6.07, 6.45) is 3.49. The van der Waals surface area contributed by atoms with Gasteiger partial charge in [-0.3, -0.25) is 0 Å². The Kier molecular flexibility index (Phi) is 6.87. The minimum absolute atomic E-state index is 0.0292. The smallest absolute Gasteiger partial charge is 0.317 e. The standard InChI is InChI=1S/C22H40N4O4/c1-21(2)17(23-19(27)25(5)15-7-11-29-12-8-15)22(3,4)18(21)24-20(28)26(6)16-9-13-30-14-10-16/h15-18H,7-14H2,1-6H3,(H,23,27)(H,24,28). The molecule has 3 rings (SSSR count). The van der Waals surface area contributed by atoms with Gasteiger partial charge in [0, 0.05) is 75.5 Å². The lowest BCUT2D eigenvalue weighted by molar-refractivity contribution is -0.0820.